The molecule has 4 heteroatoms. The van der Waals surface area contributed by atoms with Gasteiger partial charge in [-0.2, -0.15) is 0 Å². The summed E-state index contributed by atoms with van der Waals surface area (Å²) in [7, 11) is 6.13. The first kappa shape index (κ1) is 20.7. The van der Waals surface area contributed by atoms with E-state index in [1.165, 1.54) is 36.9 Å². The van der Waals surface area contributed by atoms with Crippen LogP contribution in [-0.4, -0.2) is 48.6 Å². The van der Waals surface area contributed by atoms with E-state index in [4.69, 9.17) is 4.74 Å². The van der Waals surface area contributed by atoms with Crippen LogP contribution in [0.5, 0.6) is 5.75 Å². The molecule has 1 heterocycles. The lowest BCUT2D eigenvalue weighted by Gasteiger charge is -2.35. The number of hydrogen-bond acceptors (Lipinski definition) is 2. The van der Waals surface area contributed by atoms with Crippen molar-refractivity contribution in [1.82, 2.24) is 4.57 Å². The van der Waals surface area contributed by atoms with Crippen molar-refractivity contribution in [2.45, 2.75) is 58.5 Å². The molecule has 1 aliphatic rings. The number of aromatic nitrogens is 1. The SMILES string of the molecule is COc1ccc(CCn2c(C)cc(C(=O)C[N+](C)(C)C3CCCC3)c2C)cc1. The molecular weight excluding hydrogens is 348 g/mol. The maximum Gasteiger partial charge on any atom is 0.218 e. The Kier molecular flexibility index (Phi) is 6.29. The second-order valence-electron chi connectivity index (χ2n) is 8.83. The first-order chi connectivity index (χ1) is 13.3. The molecule has 152 valence electrons. The second-order valence-corrected chi connectivity index (χ2v) is 8.83. The smallest absolute Gasteiger partial charge is 0.218 e. The van der Waals surface area contributed by atoms with Gasteiger partial charge in [0, 0.05) is 23.5 Å². The average Bonchev–Trinajstić information content (AvgIpc) is 3.30. The van der Waals surface area contributed by atoms with Gasteiger partial charge in [0.25, 0.3) is 0 Å². The Labute approximate surface area is 169 Å². The fraction of sp³-hybridized carbons (Fsp3) is 0.542. The van der Waals surface area contributed by atoms with Crippen LogP contribution in [0, 0.1) is 13.8 Å². The van der Waals surface area contributed by atoms with Gasteiger partial charge in [0.15, 0.2) is 0 Å². The van der Waals surface area contributed by atoms with E-state index in [0.717, 1.165) is 34.5 Å². The zero-order valence-corrected chi connectivity index (χ0v) is 18.1. The molecule has 0 atom stereocenters. The Balaban J connectivity index is 1.69. The van der Waals surface area contributed by atoms with E-state index in [2.05, 4.69) is 50.7 Å². The fourth-order valence-electron chi connectivity index (χ4n) is 4.65. The highest BCUT2D eigenvalue weighted by Crippen LogP contribution is 2.27. The average molecular weight is 384 g/mol. The minimum Gasteiger partial charge on any atom is -0.497 e. The van der Waals surface area contributed by atoms with E-state index in [0.29, 0.717) is 12.6 Å². The molecule has 0 spiro atoms. The molecule has 0 radical (unpaired) electrons. The first-order valence-electron chi connectivity index (χ1n) is 10.5. The Bertz CT molecular complexity index is 812. The summed E-state index contributed by atoms with van der Waals surface area (Å²) in [5.41, 5.74) is 4.44. The van der Waals surface area contributed by atoms with E-state index in [1.54, 1.807) is 7.11 Å². The minimum absolute atomic E-state index is 0.278. The Morgan fingerprint density at radius 1 is 1.14 bits per heavy atom. The predicted molar refractivity (Wildman–Crippen MR) is 114 cm³/mol. The maximum atomic E-state index is 13.1. The van der Waals surface area contributed by atoms with Crippen LogP contribution >= 0.6 is 0 Å². The fourth-order valence-corrected chi connectivity index (χ4v) is 4.65. The minimum atomic E-state index is 0.278. The molecule has 0 saturated heterocycles. The van der Waals surface area contributed by atoms with Gasteiger partial charge in [0.1, 0.15) is 12.3 Å². The highest BCUT2D eigenvalue weighted by Gasteiger charge is 2.34. The molecule has 0 N–H and O–H groups in total. The standard InChI is InChI=1S/C24H35N2O2/c1-18-16-23(24(27)17-26(3,4)21-8-6-7-9-21)19(2)25(18)15-14-20-10-12-22(28-5)13-11-20/h10-13,16,21H,6-9,14-15,17H2,1-5H3/q+1. The Hall–Kier alpha value is -2.07. The summed E-state index contributed by atoms with van der Waals surface area (Å²) in [5, 5.41) is 0. The van der Waals surface area contributed by atoms with Crippen LogP contribution < -0.4 is 4.74 Å². The molecule has 0 aliphatic heterocycles. The molecule has 4 nitrogen and oxygen atoms in total. The molecule has 1 aromatic carbocycles. The number of quaternary nitrogens is 1. The van der Waals surface area contributed by atoms with Crippen LogP contribution in [0.15, 0.2) is 30.3 Å². The van der Waals surface area contributed by atoms with Crippen molar-refractivity contribution in [2.75, 3.05) is 27.7 Å². The summed E-state index contributed by atoms with van der Waals surface area (Å²) in [5.74, 6) is 1.16. The lowest BCUT2D eigenvalue weighted by Crippen LogP contribution is -2.50. The number of rotatable bonds is 8. The van der Waals surface area contributed by atoms with E-state index in [9.17, 15) is 4.79 Å². The lowest BCUT2D eigenvalue weighted by atomic mass is 10.1. The molecule has 2 aromatic rings. The number of Topliss-reactive ketones (excluding diaryl/α,β-unsaturated/α-hetero) is 1. The van der Waals surface area contributed by atoms with Crippen molar-refractivity contribution in [3.8, 4) is 5.75 Å². The number of ketones is 1. The van der Waals surface area contributed by atoms with E-state index in [-0.39, 0.29) is 5.78 Å². The molecule has 1 fully saturated rings. The van der Waals surface area contributed by atoms with Crippen LogP contribution in [0.2, 0.25) is 0 Å². The number of methoxy groups -OCH3 is 1. The van der Waals surface area contributed by atoms with E-state index in [1.807, 2.05) is 12.1 Å². The zero-order chi connectivity index (χ0) is 20.3. The highest BCUT2D eigenvalue weighted by atomic mass is 16.5. The van der Waals surface area contributed by atoms with Crippen molar-refractivity contribution in [1.29, 1.82) is 0 Å². The van der Waals surface area contributed by atoms with Crippen LogP contribution in [-0.2, 0) is 13.0 Å². The predicted octanol–water partition coefficient (Wildman–Crippen LogP) is 4.56. The van der Waals surface area contributed by atoms with Crippen molar-refractivity contribution >= 4 is 5.78 Å². The summed E-state index contributed by atoms with van der Waals surface area (Å²) in [6, 6.07) is 10.9. The molecule has 0 unspecified atom stereocenters. The number of ether oxygens (including phenoxy) is 1. The quantitative estimate of drug-likeness (QED) is 0.494. The Morgan fingerprint density at radius 3 is 2.39 bits per heavy atom. The van der Waals surface area contributed by atoms with Gasteiger partial charge in [-0.25, -0.2) is 0 Å². The molecule has 0 amide bonds. The lowest BCUT2D eigenvalue weighted by molar-refractivity contribution is -0.906. The summed E-state index contributed by atoms with van der Waals surface area (Å²) in [6.45, 7) is 5.67. The molecule has 1 aromatic heterocycles. The number of likely N-dealkylation sites (N-methyl/N-ethyl adjacent to an activating group) is 1. The summed E-state index contributed by atoms with van der Waals surface area (Å²) >= 11 is 0. The van der Waals surface area contributed by atoms with E-state index >= 15 is 0 Å². The molecule has 28 heavy (non-hydrogen) atoms. The van der Waals surface area contributed by atoms with Gasteiger partial charge in [0.2, 0.25) is 5.78 Å². The molecule has 0 bridgehead atoms. The van der Waals surface area contributed by atoms with Gasteiger partial charge in [0.05, 0.1) is 27.2 Å². The second kappa shape index (κ2) is 8.52. The number of hydrogen-bond donors (Lipinski definition) is 0. The van der Waals surface area contributed by atoms with Gasteiger partial charge in [-0.1, -0.05) is 12.1 Å². The van der Waals surface area contributed by atoms with Crippen molar-refractivity contribution < 1.29 is 14.0 Å². The maximum absolute atomic E-state index is 13.1. The zero-order valence-electron chi connectivity index (χ0n) is 18.1. The Morgan fingerprint density at radius 2 is 1.79 bits per heavy atom. The molecule has 1 saturated carbocycles. The van der Waals surface area contributed by atoms with Crippen molar-refractivity contribution in [3.05, 3.63) is 52.8 Å². The van der Waals surface area contributed by atoms with E-state index < -0.39 is 0 Å². The third kappa shape index (κ3) is 4.49. The molecular formula is C24H35N2O2+. The van der Waals surface area contributed by atoms with Gasteiger partial charge in [-0.15, -0.1) is 0 Å². The first-order valence-corrected chi connectivity index (χ1v) is 10.5. The van der Waals surface area contributed by atoms with Gasteiger partial charge < -0.3 is 13.8 Å². The van der Waals surface area contributed by atoms with Crippen LogP contribution in [0.3, 0.4) is 0 Å². The number of aryl methyl sites for hydroxylation is 2. The highest BCUT2D eigenvalue weighted by molar-refractivity contribution is 5.98. The van der Waals surface area contributed by atoms with Crippen LogP contribution in [0.4, 0.5) is 0 Å². The van der Waals surface area contributed by atoms with Crippen molar-refractivity contribution in [3.63, 3.8) is 0 Å². The monoisotopic (exact) mass is 383 g/mol. The number of carbonyl (C=O) groups excluding carboxylic acids is 1. The molecule has 1 aliphatic carbocycles. The van der Waals surface area contributed by atoms with Gasteiger partial charge >= 0.3 is 0 Å². The van der Waals surface area contributed by atoms with Gasteiger partial charge in [-0.3, -0.25) is 4.79 Å². The topological polar surface area (TPSA) is 31.2 Å². The molecule has 3 rings (SSSR count). The number of carbonyl (C=O) groups is 1. The number of benzene rings is 1. The third-order valence-corrected chi connectivity index (χ3v) is 6.52. The van der Waals surface area contributed by atoms with Crippen LogP contribution in [0.1, 0.15) is 53.0 Å². The third-order valence-electron chi connectivity index (χ3n) is 6.52. The normalized spacial score (nSPS) is 15.2. The summed E-state index contributed by atoms with van der Waals surface area (Å²) in [6.07, 6.45) is 6.06. The van der Waals surface area contributed by atoms with Crippen molar-refractivity contribution in [2.24, 2.45) is 0 Å². The largest absolute Gasteiger partial charge is 0.497 e. The van der Waals surface area contributed by atoms with Crippen LogP contribution in [0.25, 0.3) is 0 Å². The summed E-state index contributed by atoms with van der Waals surface area (Å²) < 4.78 is 8.33. The summed E-state index contributed by atoms with van der Waals surface area (Å²) in [4.78, 5) is 13.1. The number of nitrogens with zero attached hydrogens (tertiary/aromatic N) is 2. The van der Waals surface area contributed by atoms with Gasteiger partial charge in [-0.05, 0) is 69.7 Å².